The van der Waals surface area contributed by atoms with Gasteiger partial charge in [0.2, 0.25) is 10.0 Å². The Hall–Kier alpha value is -1.14. The van der Waals surface area contributed by atoms with E-state index in [9.17, 15) is 8.42 Å². The maximum atomic E-state index is 12.1. The topological polar surface area (TPSA) is 71.1 Å². The summed E-state index contributed by atoms with van der Waals surface area (Å²) in [4.78, 5) is 4.30. The van der Waals surface area contributed by atoms with Crippen molar-refractivity contribution in [2.75, 3.05) is 18.4 Å². The van der Waals surface area contributed by atoms with Gasteiger partial charge in [-0.2, -0.15) is 0 Å². The van der Waals surface area contributed by atoms with Crippen LogP contribution in [0.5, 0.6) is 0 Å². The quantitative estimate of drug-likeness (QED) is 0.801. The van der Waals surface area contributed by atoms with E-state index in [2.05, 4.69) is 21.9 Å². The molecule has 5 nitrogen and oxygen atoms in total. The predicted octanol–water partition coefficient (Wildman–Crippen LogP) is 1.84. The second-order valence-electron chi connectivity index (χ2n) is 5.08. The van der Waals surface area contributed by atoms with Crippen LogP contribution in [-0.2, 0) is 10.0 Å². The molecule has 1 unspecified atom stereocenters. The number of sulfonamides is 1. The van der Waals surface area contributed by atoms with Crippen molar-refractivity contribution in [3.8, 4) is 0 Å². The van der Waals surface area contributed by atoms with Gasteiger partial charge in [-0.3, -0.25) is 0 Å². The van der Waals surface area contributed by atoms with Crippen molar-refractivity contribution >= 4 is 15.8 Å². The fourth-order valence-corrected chi connectivity index (χ4v) is 3.07. The van der Waals surface area contributed by atoms with E-state index >= 15 is 0 Å². The lowest BCUT2D eigenvalue weighted by Crippen LogP contribution is -2.29. The summed E-state index contributed by atoms with van der Waals surface area (Å²) < 4.78 is 26.8. The van der Waals surface area contributed by atoms with Crippen molar-refractivity contribution in [2.45, 2.75) is 31.6 Å². The van der Waals surface area contributed by atoms with Gasteiger partial charge >= 0.3 is 0 Å². The van der Waals surface area contributed by atoms with E-state index in [1.807, 2.05) is 6.92 Å². The Balaban J connectivity index is 1.97. The molecule has 1 heterocycles. The van der Waals surface area contributed by atoms with Gasteiger partial charge in [0.1, 0.15) is 10.7 Å². The summed E-state index contributed by atoms with van der Waals surface area (Å²) in [6, 6.07) is 3.26. The number of aromatic nitrogens is 1. The van der Waals surface area contributed by atoms with Crippen LogP contribution in [0, 0.1) is 11.8 Å². The van der Waals surface area contributed by atoms with Crippen molar-refractivity contribution in [3.63, 3.8) is 0 Å². The molecule has 0 radical (unpaired) electrons. The first-order valence-corrected chi connectivity index (χ1v) is 8.21. The minimum absolute atomic E-state index is 0.220. The van der Waals surface area contributed by atoms with Crippen LogP contribution in [0.25, 0.3) is 0 Å². The Morgan fingerprint density at radius 2 is 2.16 bits per heavy atom. The lowest BCUT2D eigenvalue weighted by molar-refractivity contribution is 0.491. The van der Waals surface area contributed by atoms with Gasteiger partial charge in [-0.1, -0.05) is 6.92 Å². The number of nitrogens with one attached hydrogen (secondary N) is 2. The second-order valence-corrected chi connectivity index (χ2v) is 6.84. The maximum Gasteiger partial charge on any atom is 0.242 e. The van der Waals surface area contributed by atoms with Crippen molar-refractivity contribution in [1.82, 2.24) is 9.71 Å². The third-order valence-corrected chi connectivity index (χ3v) is 4.84. The number of hydrogen-bond donors (Lipinski definition) is 2. The molecule has 2 rings (SSSR count). The molecule has 106 valence electrons. The Kier molecular flexibility index (Phi) is 4.42. The lowest BCUT2D eigenvalue weighted by Gasteiger charge is -2.12. The molecule has 1 fully saturated rings. The molecule has 1 aromatic rings. The van der Waals surface area contributed by atoms with Crippen molar-refractivity contribution in [2.24, 2.45) is 11.8 Å². The predicted molar refractivity (Wildman–Crippen MR) is 75.5 cm³/mol. The van der Waals surface area contributed by atoms with E-state index in [0.717, 1.165) is 6.54 Å². The largest absolute Gasteiger partial charge is 0.370 e. The van der Waals surface area contributed by atoms with E-state index in [1.54, 1.807) is 12.1 Å². The maximum absolute atomic E-state index is 12.1. The summed E-state index contributed by atoms with van der Waals surface area (Å²) in [6.45, 7) is 5.32. The first-order valence-electron chi connectivity index (χ1n) is 6.72. The van der Waals surface area contributed by atoms with Crippen LogP contribution in [0.3, 0.4) is 0 Å². The Morgan fingerprint density at radius 3 is 2.68 bits per heavy atom. The van der Waals surface area contributed by atoms with E-state index in [1.165, 1.54) is 19.0 Å². The van der Waals surface area contributed by atoms with Gasteiger partial charge in [0, 0.05) is 19.3 Å². The highest BCUT2D eigenvalue weighted by atomic mass is 32.2. The smallest absolute Gasteiger partial charge is 0.242 e. The fraction of sp³-hybridized carbons (Fsp3) is 0.615. The molecule has 0 spiro atoms. The van der Waals surface area contributed by atoms with Gasteiger partial charge in [-0.25, -0.2) is 18.1 Å². The fourth-order valence-electron chi connectivity index (χ4n) is 1.98. The summed E-state index contributed by atoms with van der Waals surface area (Å²) in [6.07, 6.45) is 3.84. The van der Waals surface area contributed by atoms with Gasteiger partial charge in [0.05, 0.1) is 0 Å². The van der Waals surface area contributed by atoms with Gasteiger partial charge in [0.25, 0.3) is 0 Å². The normalized spacial score (nSPS) is 17.2. The Morgan fingerprint density at radius 1 is 1.42 bits per heavy atom. The molecule has 2 N–H and O–H groups in total. The first kappa shape index (κ1) is 14.3. The molecule has 0 aliphatic heterocycles. The van der Waals surface area contributed by atoms with Crippen LogP contribution >= 0.6 is 0 Å². The molecule has 1 aliphatic rings. The zero-order valence-corrected chi connectivity index (χ0v) is 12.2. The first-order chi connectivity index (χ1) is 9.03. The van der Waals surface area contributed by atoms with Crippen LogP contribution < -0.4 is 10.0 Å². The summed E-state index contributed by atoms with van der Waals surface area (Å²) in [5.74, 6) is 1.79. The standard InChI is InChI=1S/C13H21N3O2S/c1-3-14-13-7-6-12(9-15-13)19(17,18)16-8-10(2)11-4-5-11/h6-7,9-11,16H,3-5,8H2,1-2H3,(H,14,15). The van der Waals surface area contributed by atoms with E-state index < -0.39 is 10.0 Å². The molecule has 0 aromatic carbocycles. The third kappa shape index (κ3) is 3.91. The number of nitrogens with zero attached hydrogens (tertiary/aromatic N) is 1. The average Bonchev–Trinajstić information content (AvgIpc) is 3.21. The lowest BCUT2D eigenvalue weighted by atomic mass is 10.1. The highest BCUT2D eigenvalue weighted by Crippen LogP contribution is 2.36. The van der Waals surface area contributed by atoms with Crippen LogP contribution in [0.15, 0.2) is 23.2 Å². The number of hydrogen-bond acceptors (Lipinski definition) is 4. The molecule has 0 amide bonds. The van der Waals surface area contributed by atoms with Crippen molar-refractivity contribution in [3.05, 3.63) is 18.3 Å². The second kappa shape index (κ2) is 5.88. The molecule has 1 aliphatic carbocycles. The SMILES string of the molecule is CCNc1ccc(S(=O)(=O)NCC(C)C2CC2)cn1. The zero-order valence-electron chi connectivity index (χ0n) is 11.4. The summed E-state index contributed by atoms with van der Waals surface area (Å²) in [7, 11) is -3.43. The average molecular weight is 283 g/mol. The van der Waals surface area contributed by atoms with E-state index in [-0.39, 0.29) is 4.90 Å². The highest BCUT2D eigenvalue weighted by molar-refractivity contribution is 7.89. The van der Waals surface area contributed by atoms with E-state index in [0.29, 0.717) is 24.2 Å². The molecule has 1 aromatic heterocycles. The zero-order chi connectivity index (χ0) is 13.9. The minimum atomic E-state index is -3.43. The minimum Gasteiger partial charge on any atom is -0.370 e. The molecule has 6 heteroatoms. The van der Waals surface area contributed by atoms with Gasteiger partial charge in [-0.15, -0.1) is 0 Å². The van der Waals surface area contributed by atoms with Crippen molar-refractivity contribution < 1.29 is 8.42 Å². The van der Waals surface area contributed by atoms with E-state index in [4.69, 9.17) is 0 Å². The van der Waals surface area contributed by atoms with Gasteiger partial charge in [0.15, 0.2) is 0 Å². The molecule has 19 heavy (non-hydrogen) atoms. The number of rotatable bonds is 7. The third-order valence-electron chi connectivity index (χ3n) is 3.43. The summed E-state index contributed by atoms with van der Waals surface area (Å²) in [5.41, 5.74) is 0. The highest BCUT2D eigenvalue weighted by Gasteiger charge is 2.28. The summed E-state index contributed by atoms with van der Waals surface area (Å²) >= 11 is 0. The number of anilines is 1. The van der Waals surface area contributed by atoms with Gasteiger partial charge < -0.3 is 5.32 Å². The molecular formula is C13H21N3O2S. The Bertz CT molecular complexity index is 509. The van der Waals surface area contributed by atoms with Crippen molar-refractivity contribution in [1.29, 1.82) is 0 Å². The van der Waals surface area contributed by atoms with Crippen LogP contribution in [-0.4, -0.2) is 26.5 Å². The molecule has 1 saturated carbocycles. The summed E-state index contributed by atoms with van der Waals surface area (Å²) in [5, 5.41) is 3.03. The monoisotopic (exact) mass is 283 g/mol. The molecule has 0 saturated heterocycles. The van der Waals surface area contributed by atoms with Crippen LogP contribution in [0.4, 0.5) is 5.82 Å². The Labute approximate surface area is 114 Å². The van der Waals surface area contributed by atoms with Gasteiger partial charge in [-0.05, 0) is 43.7 Å². The van der Waals surface area contributed by atoms with Crippen LogP contribution in [0.1, 0.15) is 26.7 Å². The number of pyridine rings is 1. The molecule has 1 atom stereocenters. The molecule has 0 bridgehead atoms. The van der Waals surface area contributed by atoms with Crippen LogP contribution in [0.2, 0.25) is 0 Å². The molecular weight excluding hydrogens is 262 g/mol.